The molecule has 1 N–H and O–H groups in total. The molecule has 0 saturated carbocycles. The maximum Gasteiger partial charge on any atom is 0.410 e. The summed E-state index contributed by atoms with van der Waals surface area (Å²) in [6.45, 7) is 7.90. The van der Waals surface area contributed by atoms with Crippen molar-refractivity contribution in [1.29, 1.82) is 0 Å². The number of carbonyl (C=O) groups is 1. The molecule has 0 bridgehead atoms. The molecule has 9 heteroatoms. The average molecular weight is 420 g/mol. The lowest BCUT2D eigenvalue weighted by atomic mass is 10.2. The Bertz CT molecular complexity index is 753. The van der Waals surface area contributed by atoms with Crippen LogP contribution in [-0.2, 0) is 25.4 Å². The highest BCUT2D eigenvalue weighted by Crippen LogP contribution is 2.14. The normalized spacial score (nSPS) is 20.4. The van der Waals surface area contributed by atoms with Gasteiger partial charge >= 0.3 is 6.09 Å². The van der Waals surface area contributed by atoms with Crippen LogP contribution in [0, 0.1) is 6.92 Å². The van der Waals surface area contributed by atoms with E-state index in [0.29, 0.717) is 23.7 Å². The molecule has 1 aromatic carbocycles. The smallest absolute Gasteiger partial charge is 0.410 e. The van der Waals surface area contributed by atoms with Crippen molar-refractivity contribution in [3.63, 3.8) is 0 Å². The van der Waals surface area contributed by atoms with E-state index in [1.807, 2.05) is 6.92 Å². The highest BCUT2D eigenvalue weighted by Gasteiger charge is 2.30. The van der Waals surface area contributed by atoms with Crippen molar-refractivity contribution < 1.29 is 27.3 Å². The molecule has 1 aliphatic heterocycles. The van der Waals surface area contributed by atoms with Gasteiger partial charge < -0.3 is 14.7 Å². The fraction of sp³-hybridized carbons (Fsp3) is 0.611. The molecule has 0 spiro atoms. The molecule has 1 aromatic rings. The van der Waals surface area contributed by atoms with Gasteiger partial charge in [0.15, 0.2) is 9.84 Å². The minimum atomic E-state index is -3.02. The number of aliphatic hydroxyl groups is 1. The Kier molecular flexibility index (Phi) is 8.44. The van der Waals surface area contributed by atoms with Crippen LogP contribution in [0.1, 0.15) is 26.3 Å². The summed E-state index contributed by atoms with van der Waals surface area (Å²) in [7, 11) is -4.06. The van der Waals surface area contributed by atoms with E-state index in [4.69, 9.17) is 9.84 Å². The van der Waals surface area contributed by atoms with E-state index in [2.05, 4.69) is 0 Å². The summed E-state index contributed by atoms with van der Waals surface area (Å²) in [5.41, 5.74) is 0.542. The number of nitrogens with zero attached hydrogens (tertiary/aromatic N) is 1. The molecule has 1 heterocycles. The van der Waals surface area contributed by atoms with Gasteiger partial charge in [0, 0.05) is 35.9 Å². The lowest BCUT2D eigenvalue weighted by Gasteiger charge is -2.32. The first-order chi connectivity index (χ1) is 12.3. The molecule has 1 saturated heterocycles. The Morgan fingerprint density at radius 2 is 1.85 bits per heavy atom. The zero-order valence-electron chi connectivity index (χ0n) is 16.5. The summed E-state index contributed by atoms with van der Waals surface area (Å²) in [6.07, 6.45) is 0.806. The number of hydrogen-bond donors (Lipinski definition) is 1. The number of aryl methyl sites for hydroxylation is 1. The van der Waals surface area contributed by atoms with Crippen molar-refractivity contribution in [3.05, 3.63) is 29.8 Å². The number of hydrogen-bond acceptors (Lipinski definition) is 6. The van der Waals surface area contributed by atoms with Gasteiger partial charge in [-0.15, -0.1) is 0 Å². The van der Waals surface area contributed by atoms with Gasteiger partial charge in [-0.1, -0.05) is 17.7 Å². The first-order valence-electron chi connectivity index (χ1n) is 8.56. The van der Waals surface area contributed by atoms with Crippen molar-refractivity contribution in [1.82, 2.24) is 4.90 Å². The Hall–Kier alpha value is -1.45. The van der Waals surface area contributed by atoms with Crippen molar-refractivity contribution in [3.8, 4) is 0 Å². The molecule has 1 amide bonds. The highest BCUT2D eigenvalue weighted by atomic mass is 32.2. The third kappa shape index (κ3) is 8.40. The van der Waals surface area contributed by atoms with E-state index >= 15 is 0 Å². The second-order valence-corrected chi connectivity index (χ2v) is 11.3. The molecule has 1 fully saturated rings. The Morgan fingerprint density at radius 1 is 1.30 bits per heavy atom. The molecule has 0 aliphatic carbocycles. The molecule has 2 unspecified atom stereocenters. The quantitative estimate of drug-likeness (QED) is 0.784. The predicted molar refractivity (Wildman–Crippen MR) is 106 cm³/mol. The van der Waals surface area contributed by atoms with Crippen LogP contribution in [0.15, 0.2) is 29.2 Å². The summed E-state index contributed by atoms with van der Waals surface area (Å²) in [4.78, 5) is 13.6. The molecular formula is C18H29NO6S2. The van der Waals surface area contributed by atoms with Crippen LogP contribution in [0.25, 0.3) is 0 Å². The number of amides is 1. The van der Waals surface area contributed by atoms with Crippen molar-refractivity contribution in [2.75, 3.05) is 31.7 Å². The van der Waals surface area contributed by atoms with Crippen LogP contribution >= 0.6 is 0 Å². The second-order valence-electron chi connectivity index (χ2n) is 7.40. The maximum absolute atomic E-state index is 11.7. The largest absolute Gasteiger partial charge is 0.444 e. The van der Waals surface area contributed by atoms with Gasteiger partial charge in [-0.05, 0) is 39.8 Å². The van der Waals surface area contributed by atoms with Gasteiger partial charge in [0.1, 0.15) is 5.60 Å². The van der Waals surface area contributed by atoms with Gasteiger partial charge in [-0.3, -0.25) is 4.21 Å². The molecule has 2 rings (SSSR count). The Balaban J connectivity index is 0.000000289. The third-order valence-electron chi connectivity index (χ3n) is 3.66. The number of rotatable bonds is 2. The summed E-state index contributed by atoms with van der Waals surface area (Å²) < 4.78 is 38.6. The van der Waals surface area contributed by atoms with Crippen LogP contribution in [0.3, 0.4) is 0 Å². The summed E-state index contributed by atoms with van der Waals surface area (Å²) in [5, 5.41) is 8.68. The topological polar surface area (TPSA) is 101 Å². The molecule has 27 heavy (non-hydrogen) atoms. The lowest BCUT2D eigenvalue weighted by Crippen LogP contribution is -2.49. The number of benzene rings is 1. The minimum Gasteiger partial charge on any atom is -0.444 e. The molecule has 0 radical (unpaired) electrons. The van der Waals surface area contributed by atoms with E-state index in [1.165, 1.54) is 11.2 Å². The third-order valence-corrected chi connectivity index (χ3v) is 6.42. The van der Waals surface area contributed by atoms with Crippen LogP contribution < -0.4 is 0 Å². The van der Waals surface area contributed by atoms with Crippen LogP contribution in [0.4, 0.5) is 4.79 Å². The lowest BCUT2D eigenvalue weighted by molar-refractivity contribution is 0.0247. The average Bonchev–Trinajstić information content (AvgIpc) is 2.53. The second kappa shape index (κ2) is 9.66. The number of aliphatic hydroxyl groups excluding tert-OH is 1. The van der Waals surface area contributed by atoms with Crippen LogP contribution in [0.5, 0.6) is 0 Å². The van der Waals surface area contributed by atoms with E-state index < -0.39 is 32.3 Å². The minimum absolute atomic E-state index is 0.161. The first kappa shape index (κ1) is 23.6. The van der Waals surface area contributed by atoms with Gasteiger partial charge in [-0.25, -0.2) is 13.2 Å². The number of carbonyl (C=O) groups excluding carboxylic acids is 1. The molecule has 7 nitrogen and oxygen atoms in total. The molecule has 0 aromatic heterocycles. The maximum atomic E-state index is 11.7. The molecule has 2 atom stereocenters. The first-order valence-corrected chi connectivity index (χ1v) is 11.8. The summed E-state index contributed by atoms with van der Waals surface area (Å²) in [5.74, 6) is 0.407. The molecular weight excluding hydrogens is 390 g/mol. The SMILES string of the molecule is CC(C)(C)OC(=O)N1CCS(=O)C(CO)C1.Cc1ccc(S(C)(=O)=O)cc1. The van der Waals surface area contributed by atoms with E-state index in [-0.39, 0.29) is 11.9 Å². The predicted octanol–water partition coefficient (Wildman–Crippen LogP) is 1.75. The van der Waals surface area contributed by atoms with Gasteiger partial charge in [-0.2, -0.15) is 0 Å². The highest BCUT2D eigenvalue weighted by molar-refractivity contribution is 7.90. The zero-order chi connectivity index (χ0) is 20.8. The fourth-order valence-electron chi connectivity index (χ4n) is 2.21. The van der Waals surface area contributed by atoms with E-state index in [9.17, 15) is 17.4 Å². The van der Waals surface area contributed by atoms with Gasteiger partial charge in [0.2, 0.25) is 0 Å². The van der Waals surface area contributed by atoms with Crippen LogP contribution in [0.2, 0.25) is 0 Å². The standard InChI is InChI=1S/C10H19NO4S.C8H10O2S/c1-10(2,3)15-9(13)11-4-5-16(14)8(6-11)7-12;1-7-3-5-8(6-4-7)11(2,9)10/h8,12H,4-7H2,1-3H3;3-6H,1-2H3. The van der Waals surface area contributed by atoms with Crippen LogP contribution in [-0.4, -0.2) is 71.3 Å². The number of ether oxygens (including phenoxy) is 1. The van der Waals surface area contributed by atoms with Gasteiger partial charge in [0.25, 0.3) is 0 Å². The van der Waals surface area contributed by atoms with Crippen molar-refractivity contribution in [2.45, 2.75) is 43.4 Å². The molecule has 154 valence electrons. The summed E-state index contributed by atoms with van der Waals surface area (Å²) in [6, 6.07) is 6.81. The number of sulfone groups is 1. The zero-order valence-corrected chi connectivity index (χ0v) is 18.1. The Labute approximate surface area is 164 Å². The van der Waals surface area contributed by atoms with E-state index in [1.54, 1.807) is 45.0 Å². The summed E-state index contributed by atoms with van der Waals surface area (Å²) >= 11 is 0. The molecule has 1 aliphatic rings. The fourth-order valence-corrected chi connectivity index (χ4v) is 4.08. The Morgan fingerprint density at radius 3 is 2.30 bits per heavy atom. The van der Waals surface area contributed by atoms with E-state index in [0.717, 1.165) is 5.56 Å². The van der Waals surface area contributed by atoms with Crippen molar-refractivity contribution >= 4 is 26.7 Å². The van der Waals surface area contributed by atoms with Gasteiger partial charge in [0.05, 0.1) is 16.8 Å². The van der Waals surface area contributed by atoms with Crippen molar-refractivity contribution in [2.24, 2.45) is 0 Å². The monoisotopic (exact) mass is 419 g/mol.